The van der Waals surface area contributed by atoms with E-state index in [1.807, 2.05) is 10.8 Å². The number of alkyl halides is 3. The van der Waals surface area contributed by atoms with E-state index in [1.165, 1.54) is 6.92 Å². The van der Waals surface area contributed by atoms with E-state index in [0.29, 0.717) is 19.5 Å². The number of pyridine rings is 1. The second-order valence-electron chi connectivity index (χ2n) is 4.74. The van der Waals surface area contributed by atoms with Crippen molar-refractivity contribution >= 4 is 5.91 Å². The summed E-state index contributed by atoms with van der Waals surface area (Å²) in [6.07, 6.45) is 1.33. The molecule has 0 spiro atoms. The normalized spacial score (nSPS) is 11.5. The summed E-state index contributed by atoms with van der Waals surface area (Å²) in [6, 6.07) is 1.96. The molecule has 0 fully saturated rings. The fourth-order valence-corrected chi connectivity index (χ4v) is 1.94. The van der Waals surface area contributed by atoms with E-state index in [0.717, 1.165) is 12.1 Å². The van der Waals surface area contributed by atoms with E-state index < -0.39 is 17.8 Å². The lowest BCUT2D eigenvalue weighted by Crippen LogP contribution is -2.26. The summed E-state index contributed by atoms with van der Waals surface area (Å²) in [4.78, 5) is 19.3. The molecule has 2 aromatic heterocycles. The van der Waals surface area contributed by atoms with Crippen molar-refractivity contribution in [3.63, 3.8) is 0 Å². The highest BCUT2D eigenvalue weighted by atomic mass is 19.4. The Bertz CT molecular complexity index is 638. The lowest BCUT2D eigenvalue weighted by Gasteiger charge is -2.10. The third-order valence-electron chi connectivity index (χ3n) is 3.06. The molecule has 5 nitrogen and oxygen atoms in total. The Morgan fingerprint density at radius 3 is 2.73 bits per heavy atom. The molecular formula is C14H15F3N4O. The first-order valence-corrected chi connectivity index (χ1v) is 6.66. The van der Waals surface area contributed by atoms with Crippen LogP contribution in [-0.2, 0) is 12.7 Å². The monoisotopic (exact) mass is 312 g/mol. The van der Waals surface area contributed by atoms with Crippen LogP contribution in [0.3, 0.4) is 0 Å². The van der Waals surface area contributed by atoms with Gasteiger partial charge in [0.1, 0.15) is 5.69 Å². The van der Waals surface area contributed by atoms with Crippen LogP contribution in [-0.4, -0.2) is 27.0 Å². The van der Waals surface area contributed by atoms with Gasteiger partial charge in [0.15, 0.2) is 0 Å². The van der Waals surface area contributed by atoms with Gasteiger partial charge in [0, 0.05) is 25.5 Å². The van der Waals surface area contributed by atoms with E-state index in [2.05, 4.69) is 15.3 Å². The maximum absolute atomic E-state index is 12.5. The van der Waals surface area contributed by atoms with Gasteiger partial charge in [-0.1, -0.05) is 0 Å². The number of aryl methyl sites for hydroxylation is 2. The first-order valence-electron chi connectivity index (χ1n) is 6.66. The number of aromatic nitrogens is 3. The number of amides is 1. The van der Waals surface area contributed by atoms with E-state index in [1.54, 1.807) is 12.5 Å². The average molecular weight is 312 g/mol. The third kappa shape index (κ3) is 4.06. The Hall–Kier alpha value is -2.38. The van der Waals surface area contributed by atoms with Gasteiger partial charge in [-0.2, -0.15) is 13.2 Å². The maximum atomic E-state index is 12.5. The smallest absolute Gasteiger partial charge is 0.352 e. The molecule has 2 heterocycles. The third-order valence-corrected chi connectivity index (χ3v) is 3.06. The fraction of sp³-hybridized carbons (Fsp3) is 0.357. The van der Waals surface area contributed by atoms with Gasteiger partial charge >= 0.3 is 6.18 Å². The standard InChI is InChI=1S/C14H15F3N4O/c1-10-11(3-4-12(20-10)14(15,16)17)13(22)19-5-2-7-21-8-6-18-9-21/h3-4,6,8-9H,2,5,7H2,1H3,(H,19,22). The van der Waals surface area contributed by atoms with Crippen LogP contribution in [0.15, 0.2) is 30.9 Å². The lowest BCUT2D eigenvalue weighted by molar-refractivity contribution is -0.141. The van der Waals surface area contributed by atoms with Crippen LogP contribution in [0.4, 0.5) is 13.2 Å². The van der Waals surface area contributed by atoms with Gasteiger partial charge in [-0.15, -0.1) is 0 Å². The number of hydrogen-bond acceptors (Lipinski definition) is 3. The quantitative estimate of drug-likeness (QED) is 0.863. The molecule has 0 bridgehead atoms. The molecule has 118 valence electrons. The molecular weight excluding hydrogens is 297 g/mol. The molecule has 0 aliphatic carbocycles. The second-order valence-corrected chi connectivity index (χ2v) is 4.74. The number of halogens is 3. The first kappa shape index (κ1) is 16.0. The van der Waals surface area contributed by atoms with E-state index >= 15 is 0 Å². The summed E-state index contributed by atoms with van der Waals surface area (Å²) in [7, 11) is 0. The first-order chi connectivity index (χ1) is 10.4. The molecule has 22 heavy (non-hydrogen) atoms. The molecule has 1 N–H and O–H groups in total. The average Bonchev–Trinajstić information content (AvgIpc) is 2.95. The zero-order valence-corrected chi connectivity index (χ0v) is 11.9. The van der Waals surface area contributed by atoms with Gasteiger partial charge < -0.3 is 9.88 Å². The molecule has 0 radical (unpaired) electrons. The van der Waals surface area contributed by atoms with Crippen molar-refractivity contribution in [3.05, 3.63) is 47.8 Å². The number of carbonyl (C=O) groups excluding carboxylic acids is 1. The van der Waals surface area contributed by atoms with Crippen LogP contribution in [0.25, 0.3) is 0 Å². The van der Waals surface area contributed by atoms with Crippen molar-refractivity contribution in [3.8, 4) is 0 Å². The number of nitrogens with zero attached hydrogens (tertiary/aromatic N) is 3. The van der Waals surface area contributed by atoms with E-state index in [-0.39, 0.29) is 11.3 Å². The zero-order chi connectivity index (χ0) is 16.2. The summed E-state index contributed by atoms with van der Waals surface area (Å²) in [5.41, 5.74) is -0.792. The van der Waals surface area contributed by atoms with Crippen LogP contribution < -0.4 is 5.32 Å². The number of carbonyl (C=O) groups is 1. The number of rotatable bonds is 5. The Kier molecular flexibility index (Phi) is 4.79. The SMILES string of the molecule is Cc1nc(C(F)(F)F)ccc1C(=O)NCCCn1ccnc1. The Balaban J connectivity index is 1.89. The topological polar surface area (TPSA) is 59.8 Å². The Labute approximate surface area is 125 Å². The van der Waals surface area contributed by atoms with Gasteiger partial charge in [0.2, 0.25) is 0 Å². The molecule has 0 aromatic carbocycles. The number of hydrogen-bond donors (Lipinski definition) is 1. The second kappa shape index (κ2) is 6.59. The highest BCUT2D eigenvalue weighted by Gasteiger charge is 2.32. The van der Waals surface area contributed by atoms with E-state index in [9.17, 15) is 18.0 Å². The summed E-state index contributed by atoms with van der Waals surface area (Å²) >= 11 is 0. The van der Waals surface area contributed by atoms with Crippen molar-refractivity contribution in [1.82, 2.24) is 19.9 Å². The van der Waals surface area contributed by atoms with Gasteiger partial charge in [-0.05, 0) is 25.5 Å². The molecule has 0 atom stereocenters. The molecule has 0 aliphatic heterocycles. The maximum Gasteiger partial charge on any atom is 0.433 e. The highest BCUT2D eigenvalue weighted by Crippen LogP contribution is 2.28. The number of nitrogens with one attached hydrogen (secondary N) is 1. The van der Waals surface area contributed by atoms with Crippen molar-refractivity contribution in [1.29, 1.82) is 0 Å². The van der Waals surface area contributed by atoms with Crippen molar-refractivity contribution in [2.45, 2.75) is 26.1 Å². The summed E-state index contributed by atoms with van der Waals surface area (Å²) < 4.78 is 39.4. The number of imidazole rings is 1. The largest absolute Gasteiger partial charge is 0.433 e. The molecule has 0 saturated carbocycles. The summed E-state index contributed by atoms with van der Waals surface area (Å²) in [5, 5.41) is 2.67. The van der Waals surface area contributed by atoms with Crippen LogP contribution in [0, 0.1) is 6.92 Å². The Morgan fingerprint density at radius 1 is 1.36 bits per heavy atom. The van der Waals surface area contributed by atoms with Crippen molar-refractivity contribution in [2.75, 3.05) is 6.54 Å². The molecule has 0 aliphatic rings. The molecule has 2 aromatic rings. The minimum Gasteiger partial charge on any atom is -0.352 e. The van der Waals surface area contributed by atoms with Crippen LogP contribution in [0.2, 0.25) is 0 Å². The van der Waals surface area contributed by atoms with Crippen molar-refractivity contribution < 1.29 is 18.0 Å². The molecule has 2 rings (SSSR count). The molecule has 1 amide bonds. The molecule has 8 heteroatoms. The lowest BCUT2D eigenvalue weighted by atomic mass is 10.1. The molecule has 0 saturated heterocycles. The molecule has 0 unspecified atom stereocenters. The predicted molar refractivity (Wildman–Crippen MR) is 73.2 cm³/mol. The van der Waals surface area contributed by atoms with E-state index in [4.69, 9.17) is 0 Å². The van der Waals surface area contributed by atoms with Gasteiger partial charge in [-0.25, -0.2) is 9.97 Å². The minimum absolute atomic E-state index is 0.0573. The van der Waals surface area contributed by atoms with Crippen LogP contribution in [0.5, 0.6) is 0 Å². The van der Waals surface area contributed by atoms with Crippen molar-refractivity contribution in [2.24, 2.45) is 0 Å². The van der Waals surface area contributed by atoms with Gasteiger partial charge in [0.25, 0.3) is 5.91 Å². The summed E-state index contributed by atoms with van der Waals surface area (Å²) in [5.74, 6) is -0.427. The van der Waals surface area contributed by atoms with Crippen LogP contribution in [0.1, 0.15) is 28.2 Å². The highest BCUT2D eigenvalue weighted by molar-refractivity contribution is 5.95. The predicted octanol–water partition coefficient (Wildman–Crippen LogP) is 2.43. The fourth-order valence-electron chi connectivity index (χ4n) is 1.94. The van der Waals surface area contributed by atoms with Gasteiger partial charge in [0.05, 0.1) is 17.6 Å². The summed E-state index contributed by atoms with van der Waals surface area (Å²) in [6.45, 7) is 2.50. The Morgan fingerprint density at radius 2 is 2.14 bits per heavy atom. The van der Waals surface area contributed by atoms with Gasteiger partial charge in [-0.3, -0.25) is 4.79 Å². The zero-order valence-electron chi connectivity index (χ0n) is 11.9. The van der Waals surface area contributed by atoms with Crippen LogP contribution >= 0.6 is 0 Å². The minimum atomic E-state index is -4.51.